The number of carbonyl (C=O) groups excluding carboxylic acids is 1. The molecule has 4 unspecified atom stereocenters. The van der Waals surface area contributed by atoms with E-state index in [1.807, 2.05) is 28.9 Å². The predicted octanol–water partition coefficient (Wildman–Crippen LogP) is 3.11. The van der Waals surface area contributed by atoms with E-state index in [2.05, 4.69) is 36.3 Å². The van der Waals surface area contributed by atoms with Crippen LogP contribution < -0.4 is 5.32 Å². The van der Waals surface area contributed by atoms with Gasteiger partial charge in [-0.15, -0.1) is 0 Å². The van der Waals surface area contributed by atoms with Gasteiger partial charge in [-0.3, -0.25) is 0 Å². The largest absolute Gasteiger partial charge is 0.338 e. The van der Waals surface area contributed by atoms with Crippen LogP contribution in [0.2, 0.25) is 0 Å². The molecule has 0 spiro atoms. The topological polar surface area (TPSA) is 50.2 Å². The zero-order chi connectivity index (χ0) is 16.9. The Morgan fingerprint density at radius 2 is 2.21 bits per heavy atom. The van der Waals surface area contributed by atoms with Crippen molar-refractivity contribution in [3.8, 4) is 0 Å². The molecule has 2 fully saturated rings. The summed E-state index contributed by atoms with van der Waals surface area (Å²) in [5, 5.41) is 3.20. The highest BCUT2D eigenvalue weighted by Gasteiger charge is 2.51. The van der Waals surface area contributed by atoms with Gasteiger partial charge in [-0.2, -0.15) is 0 Å². The van der Waals surface area contributed by atoms with Gasteiger partial charge in [-0.05, 0) is 37.0 Å². The molecule has 3 aliphatic carbocycles. The molecular weight excluding hydrogens is 300 g/mol. The van der Waals surface area contributed by atoms with E-state index in [4.69, 9.17) is 0 Å². The van der Waals surface area contributed by atoms with Gasteiger partial charge in [0, 0.05) is 37.9 Å². The first-order valence-corrected chi connectivity index (χ1v) is 9.16. The zero-order valence-corrected chi connectivity index (χ0v) is 14.9. The van der Waals surface area contributed by atoms with Gasteiger partial charge < -0.3 is 14.8 Å². The van der Waals surface area contributed by atoms with Crippen LogP contribution in [0.4, 0.5) is 4.79 Å². The summed E-state index contributed by atoms with van der Waals surface area (Å²) in [6, 6.07) is 0.118. The van der Waals surface area contributed by atoms with E-state index in [-0.39, 0.29) is 17.5 Å². The number of likely N-dealkylation sites (tertiary alicyclic amines) is 1. The second-order valence-corrected chi connectivity index (χ2v) is 8.48. The van der Waals surface area contributed by atoms with Crippen molar-refractivity contribution < 1.29 is 4.79 Å². The first-order chi connectivity index (χ1) is 11.5. The first kappa shape index (κ1) is 15.7. The molecule has 5 heteroatoms. The second-order valence-electron chi connectivity index (χ2n) is 8.48. The third-order valence-electron chi connectivity index (χ3n) is 6.22. The molecule has 24 heavy (non-hydrogen) atoms. The van der Waals surface area contributed by atoms with E-state index in [9.17, 15) is 4.79 Å². The van der Waals surface area contributed by atoms with E-state index in [1.54, 1.807) is 0 Å². The standard InChI is InChI=1S/C19H28N4O/c1-19(2)12-23(16(19)17-20-8-9-22(17)3)18(24)21-11-15-10-13-4-6-14(15)7-5-13/h4,6,8-9,13-16H,5,7,10-12H2,1-3H3,(H,21,24). The molecule has 1 aromatic rings. The molecule has 2 amide bonds. The summed E-state index contributed by atoms with van der Waals surface area (Å²) >= 11 is 0. The smallest absolute Gasteiger partial charge is 0.318 e. The average Bonchev–Trinajstić information content (AvgIpc) is 2.97. The van der Waals surface area contributed by atoms with Gasteiger partial charge in [-0.25, -0.2) is 9.78 Å². The monoisotopic (exact) mass is 328 g/mol. The highest BCUT2D eigenvalue weighted by atomic mass is 16.2. The summed E-state index contributed by atoms with van der Waals surface area (Å²) in [7, 11) is 2.00. The SMILES string of the molecule is Cn1ccnc1C1N(C(=O)NCC2CC3C=CC2CC3)CC1(C)C. The number of urea groups is 1. The summed E-state index contributed by atoms with van der Waals surface area (Å²) in [5.74, 6) is 2.98. The number of imidazole rings is 1. The number of allylic oxidation sites excluding steroid dienone is 2. The molecular formula is C19H28N4O. The van der Waals surface area contributed by atoms with E-state index in [1.165, 1.54) is 19.3 Å². The Hall–Kier alpha value is -1.78. The quantitative estimate of drug-likeness (QED) is 0.867. The van der Waals surface area contributed by atoms with E-state index in [0.29, 0.717) is 11.8 Å². The molecule has 2 bridgehead atoms. The van der Waals surface area contributed by atoms with Crippen molar-refractivity contribution in [2.75, 3.05) is 13.1 Å². The molecule has 2 heterocycles. The maximum atomic E-state index is 12.7. The first-order valence-electron chi connectivity index (χ1n) is 9.16. The van der Waals surface area contributed by atoms with Crippen LogP contribution in [0.1, 0.15) is 45.0 Å². The fourth-order valence-electron chi connectivity index (χ4n) is 4.85. The van der Waals surface area contributed by atoms with Gasteiger partial charge in [0.25, 0.3) is 0 Å². The van der Waals surface area contributed by atoms with Crippen LogP contribution in [-0.4, -0.2) is 33.6 Å². The third-order valence-corrected chi connectivity index (χ3v) is 6.22. The van der Waals surface area contributed by atoms with Crippen LogP contribution in [0.5, 0.6) is 0 Å². The molecule has 4 aliphatic rings. The minimum absolute atomic E-state index is 0.0557. The van der Waals surface area contributed by atoms with Crippen molar-refractivity contribution in [2.45, 2.75) is 39.2 Å². The van der Waals surface area contributed by atoms with Crippen molar-refractivity contribution in [3.05, 3.63) is 30.4 Å². The van der Waals surface area contributed by atoms with Crippen LogP contribution in [-0.2, 0) is 7.05 Å². The molecule has 130 valence electrons. The van der Waals surface area contributed by atoms with Crippen LogP contribution in [0.25, 0.3) is 0 Å². The Morgan fingerprint density at radius 1 is 1.38 bits per heavy atom. The lowest BCUT2D eigenvalue weighted by Crippen LogP contribution is -2.61. The number of nitrogens with one attached hydrogen (secondary N) is 1. The molecule has 5 nitrogen and oxygen atoms in total. The van der Waals surface area contributed by atoms with Crippen molar-refractivity contribution in [1.82, 2.24) is 19.8 Å². The number of rotatable bonds is 3. The molecule has 1 aliphatic heterocycles. The molecule has 1 saturated carbocycles. The Balaban J connectivity index is 1.40. The number of aromatic nitrogens is 2. The zero-order valence-electron chi connectivity index (χ0n) is 14.9. The maximum Gasteiger partial charge on any atom is 0.318 e. The lowest BCUT2D eigenvalue weighted by Gasteiger charge is -2.53. The number of nitrogens with zero attached hydrogens (tertiary/aromatic N) is 3. The van der Waals surface area contributed by atoms with Crippen LogP contribution >= 0.6 is 0 Å². The molecule has 0 aromatic carbocycles. The predicted molar refractivity (Wildman–Crippen MR) is 93.3 cm³/mol. The molecule has 1 aromatic heterocycles. The lowest BCUT2D eigenvalue weighted by molar-refractivity contribution is -0.0235. The summed E-state index contributed by atoms with van der Waals surface area (Å²) in [4.78, 5) is 19.2. The van der Waals surface area contributed by atoms with Gasteiger partial charge in [-0.1, -0.05) is 26.0 Å². The van der Waals surface area contributed by atoms with Gasteiger partial charge in [0.15, 0.2) is 0 Å². The number of fused-ring (bicyclic) bond motifs is 2. The van der Waals surface area contributed by atoms with Gasteiger partial charge in [0.05, 0.1) is 6.04 Å². The van der Waals surface area contributed by atoms with Crippen LogP contribution in [0, 0.1) is 23.2 Å². The van der Waals surface area contributed by atoms with Crippen molar-refractivity contribution in [2.24, 2.45) is 30.2 Å². The Bertz CT molecular complexity index is 662. The van der Waals surface area contributed by atoms with E-state index < -0.39 is 0 Å². The van der Waals surface area contributed by atoms with Crippen LogP contribution in [0.3, 0.4) is 0 Å². The normalized spacial score (nSPS) is 33.4. The minimum Gasteiger partial charge on any atom is -0.338 e. The maximum absolute atomic E-state index is 12.7. The molecule has 1 saturated heterocycles. The number of aryl methyl sites for hydroxylation is 1. The fraction of sp³-hybridized carbons (Fsp3) is 0.684. The molecule has 0 radical (unpaired) electrons. The number of hydrogen-bond acceptors (Lipinski definition) is 2. The summed E-state index contributed by atoms with van der Waals surface area (Å²) in [6.45, 7) is 6.00. The summed E-state index contributed by atoms with van der Waals surface area (Å²) in [5.41, 5.74) is 0.0725. The Kier molecular flexibility index (Phi) is 3.70. The van der Waals surface area contributed by atoms with Crippen molar-refractivity contribution >= 4 is 6.03 Å². The third kappa shape index (κ3) is 2.54. The second kappa shape index (κ2) is 5.64. The van der Waals surface area contributed by atoms with E-state index in [0.717, 1.165) is 24.8 Å². The molecule has 1 N–H and O–H groups in total. The summed E-state index contributed by atoms with van der Waals surface area (Å²) < 4.78 is 2.02. The van der Waals surface area contributed by atoms with Crippen molar-refractivity contribution in [3.63, 3.8) is 0 Å². The van der Waals surface area contributed by atoms with Gasteiger partial charge >= 0.3 is 6.03 Å². The molecule has 5 rings (SSSR count). The summed E-state index contributed by atoms with van der Waals surface area (Å²) in [6.07, 6.45) is 12.4. The number of amides is 2. The average molecular weight is 328 g/mol. The highest BCUT2D eigenvalue weighted by Crippen LogP contribution is 2.47. The minimum atomic E-state index is 0.0557. The fourth-order valence-corrected chi connectivity index (χ4v) is 4.85. The van der Waals surface area contributed by atoms with Crippen LogP contribution in [0.15, 0.2) is 24.5 Å². The Morgan fingerprint density at radius 3 is 2.75 bits per heavy atom. The lowest BCUT2D eigenvalue weighted by atomic mass is 9.69. The number of carbonyl (C=O) groups is 1. The van der Waals surface area contributed by atoms with Gasteiger partial charge in [0.2, 0.25) is 0 Å². The highest BCUT2D eigenvalue weighted by molar-refractivity contribution is 5.76. The Labute approximate surface area is 144 Å². The van der Waals surface area contributed by atoms with Crippen molar-refractivity contribution in [1.29, 1.82) is 0 Å². The molecule has 4 atom stereocenters. The van der Waals surface area contributed by atoms with Gasteiger partial charge in [0.1, 0.15) is 5.82 Å². The van der Waals surface area contributed by atoms with E-state index >= 15 is 0 Å². The number of hydrogen-bond donors (Lipinski definition) is 1.